The van der Waals surface area contributed by atoms with Gasteiger partial charge >= 0.3 is 0 Å². The molecular weight excluding hydrogens is 421 g/mol. The lowest BCUT2D eigenvalue weighted by atomic mass is 10.3. The first kappa shape index (κ1) is 19.2. The van der Waals surface area contributed by atoms with Gasteiger partial charge in [-0.3, -0.25) is 4.79 Å². The largest absolute Gasteiger partial charge is 0.346 e. The van der Waals surface area contributed by atoms with Gasteiger partial charge in [-0.2, -0.15) is 21.4 Å². The van der Waals surface area contributed by atoms with Crippen molar-refractivity contribution in [3.05, 3.63) is 58.2 Å². The third-order valence-corrected chi connectivity index (χ3v) is 7.17. The Morgan fingerprint density at radius 3 is 2.70 bits per heavy atom. The molecule has 1 aliphatic heterocycles. The van der Waals surface area contributed by atoms with Crippen LogP contribution in [0.2, 0.25) is 0 Å². The lowest BCUT2D eigenvalue weighted by Crippen LogP contribution is -2.35. The molecule has 154 valence electrons. The minimum atomic E-state index is -0.274. The van der Waals surface area contributed by atoms with Crippen LogP contribution >= 0.6 is 22.7 Å². The van der Waals surface area contributed by atoms with Crippen molar-refractivity contribution in [2.24, 2.45) is 0 Å². The molecule has 0 atom stereocenters. The van der Waals surface area contributed by atoms with Crippen molar-refractivity contribution in [1.29, 1.82) is 0 Å². The number of anilines is 1. The van der Waals surface area contributed by atoms with E-state index >= 15 is 0 Å². The molecule has 5 rings (SSSR count). The second-order valence-electron chi connectivity index (χ2n) is 7.27. The minimum absolute atomic E-state index is 0.102. The zero-order valence-corrected chi connectivity index (χ0v) is 18.0. The average molecular weight is 442 g/mol. The van der Waals surface area contributed by atoms with Crippen LogP contribution in [0.3, 0.4) is 0 Å². The zero-order chi connectivity index (χ0) is 20.7. The maximum Gasteiger partial charge on any atom is 0.254 e. The maximum absolute atomic E-state index is 13.3. The van der Waals surface area contributed by atoms with Gasteiger partial charge in [-0.15, -0.1) is 0 Å². The van der Waals surface area contributed by atoms with Crippen LogP contribution in [-0.2, 0) is 0 Å². The Balaban J connectivity index is 1.39. The minimum Gasteiger partial charge on any atom is -0.346 e. The highest BCUT2D eigenvalue weighted by molar-refractivity contribution is 7.22. The van der Waals surface area contributed by atoms with Crippen LogP contribution in [0.15, 0.2) is 41.1 Å². The fraction of sp³-hybridized carbons (Fsp3) is 0.286. The Morgan fingerprint density at radius 1 is 1.10 bits per heavy atom. The third kappa shape index (κ3) is 3.48. The molecule has 1 saturated heterocycles. The Hall–Kier alpha value is -2.78. The standard InChI is InChI=1S/C21H20FN5OS2/c1-14-18-19(27(24-14)17-5-3-16(22)4-6-17)23-21(30-18)26-9-2-8-25(10-11-26)20(28)15-7-12-29-13-15/h3-7,12-13H,2,8-11H2,1H3. The predicted octanol–water partition coefficient (Wildman–Crippen LogP) is 4.34. The van der Waals surface area contributed by atoms with Gasteiger partial charge in [0.25, 0.3) is 5.91 Å². The van der Waals surface area contributed by atoms with Gasteiger partial charge in [0.05, 0.1) is 21.6 Å². The van der Waals surface area contributed by atoms with E-state index in [4.69, 9.17) is 4.98 Å². The molecule has 1 aliphatic rings. The van der Waals surface area contributed by atoms with Crippen LogP contribution in [0.4, 0.5) is 9.52 Å². The number of carbonyl (C=O) groups excluding carboxylic acids is 1. The van der Waals surface area contributed by atoms with Crippen molar-refractivity contribution in [1.82, 2.24) is 19.7 Å². The second kappa shape index (κ2) is 7.81. The van der Waals surface area contributed by atoms with Gasteiger partial charge in [-0.05, 0) is 49.1 Å². The molecule has 4 aromatic rings. The summed E-state index contributed by atoms with van der Waals surface area (Å²) in [5.41, 5.74) is 3.25. The van der Waals surface area contributed by atoms with Gasteiger partial charge < -0.3 is 9.80 Å². The molecule has 0 saturated carbocycles. The molecule has 0 aliphatic carbocycles. The number of thiazole rings is 1. The Labute approximate surface area is 181 Å². The van der Waals surface area contributed by atoms with Crippen LogP contribution in [0.5, 0.6) is 0 Å². The van der Waals surface area contributed by atoms with Crippen molar-refractivity contribution in [2.45, 2.75) is 13.3 Å². The molecule has 1 amide bonds. The zero-order valence-electron chi connectivity index (χ0n) is 16.4. The monoisotopic (exact) mass is 441 g/mol. The van der Waals surface area contributed by atoms with E-state index < -0.39 is 0 Å². The number of benzene rings is 1. The molecule has 1 aromatic carbocycles. The van der Waals surface area contributed by atoms with E-state index in [1.165, 1.54) is 12.1 Å². The predicted molar refractivity (Wildman–Crippen MR) is 118 cm³/mol. The van der Waals surface area contributed by atoms with Crippen molar-refractivity contribution in [3.8, 4) is 5.69 Å². The summed E-state index contributed by atoms with van der Waals surface area (Å²) in [5.74, 6) is -0.172. The fourth-order valence-corrected chi connectivity index (χ4v) is 5.37. The number of aromatic nitrogens is 3. The summed E-state index contributed by atoms with van der Waals surface area (Å²) in [5, 5.41) is 9.37. The van der Waals surface area contributed by atoms with Gasteiger partial charge in [0, 0.05) is 31.6 Å². The molecular formula is C21H20FN5OS2. The highest BCUT2D eigenvalue weighted by Crippen LogP contribution is 2.33. The number of halogens is 1. The molecule has 0 bridgehead atoms. The lowest BCUT2D eigenvalue weighted by molar-refractivity contribution is 0.0767. The third-order valence-electron chi connectivity index (χ3n) is 5.27. The highest BCUT2D eigenvalue weighted by Gasteiger charge is 2.24. The number of fused-ring (bicyclic) bond motifs is 1. The van der Waals surface area contributed by atoms with Gasteiger partial charge in [-0.1, -0.05) is 11.3 Å². The number of nitrogens with zero attached hydrogens (tertiary/aromatic N) is 5. The second-order valence-corrected chi connectivity index (χ2v) is 9.03. The summed E-state index contributed by atoms with van der Waals surface area (Å²) in [7, 11) is 0. The van der Waals surface area contributed by atoms with Crippen molar-refractivity contribution >= 4 is 44.1 Å². The van der Waals surface area contributed by atoms with Gasteiger partial charge in [-0.25, -0.2) is 9.07 Å². The van der Waals surface area contributed by atoms with E-state index in [1.54, 1.807) is 39.5 Å². The normalized spacial score (nSPS) is 15.0. The van der Waals surface area contributed by atoms with Crippen molar-refractivity contribution in [3.63, 3.8) is 0 Å². The lowest BCUT2D eigenvalue weighted by Gasteiger charge is -2.21. The summed E-state index contributed by atoms with van der Waals surface area (Å²) in [6.45, 7) is 4.99. The summed E-state index contributed by atoms with van der Waals surface area (Å²) < 4.78 is 16.1. The molecule has 3 aromatic heterocycles. The summed E-state index contributed by atoms with van der Waals surface area (Å²) >= 11 is 3.17. The van der Waals surface area contributed by atoms with Crippen LogP contribution in [0.25, 0.3) is 16.0 Å². The Morgan fingerprint density at radius 2 is 1.93 bits per heavy atom. The van der Waals surface area contributed by atoms with E-state index in [0.29, 0.717) is 6.54 Å². The van der Waals surface area contributed by atoms with E-state index in [2.05, 4.69) is 10.00 Å². The quantitative estimate of drug-likeness (QED) is 0.475. The van der Waals surface area contributed by atoms with E-state index in [1.807, 2.05) is 28.7 Å². The highest BCUT2D eigenvalue weighted by atomic mass is 32.1. The number of hydrogen-bond donors (Lipinski definition) is 0. The number of thiophene rings is 1. The first-order valence-electron chi connectivity index (χ1n) is 9.78. The van der Waals surface area contributed by atoms with Crippen LogP contribution < -0.4 is 4.90 Å². The van der Waals surface area contributed by atoms with Crippen molar-refractivity contribution in [2.75, 3.05) is 31.1 Å². The Bertz CT molecular complexity index is 1180. The fourth-order valence-electron chi connectivity index (χ4n) is 3.70. The summed E-state index contributed by atoms with van der Waals surface area (Å²) in [6.07, 6.45) is 0.898. The van der Waals surface area contributed by atoms with Crippen LogP contribution in [0, 0.1) is 12.7 Å². The van der Waals surface area contributed by atoms with E-state index in [-0.39, 0.29) is 11.7 Å². The number of carbonyl (C=O) groups is 1. The summed E-state index contributed by atoms with van der Waals surface area (Å²) in [6, 6.07) is 8.16. The maximum atomic E-state index is 13.3. The molecule has 0 N–H and O–H groups in total. The number of rotatable bonds is 3. The molecule has 9 heteroatoms. The van der Waals surface area contributed by atoms with Gasteiger partial charge in [0.1, 0.15) is 5.82 Å². The average Bonchev–Trinajstić information content (AvgIpc) is 3.44. The molecule has 0 unspecified atom stereocenters. The molecule has 30 heavy (non-hydrogen) atoms. The van der Waals surface area contributed by atoms with Crippen LogP contribution in [0.1, 0.15) is 22.5 Å². The van der Waals surface area contributed by atoms with E-state index in [0.717, 1.165) is 58.5 Å². The Kier molecular flexibility index (Phi) is 5.00. The molecule has 0 spiro atoms. The molecule has 4 heterocycles. The summed E-state index contributed by atoms with van der Waals surface area (Å²) in [4.78, 5) is 21.7. The number of hydrogen-bond acceptors (Lipinski definition) is 6. The van der Waals surface area contributed by atoms with Crippen LogP contribution in [-0.4, -0.2) is 51.8 Å². The smallest absolute Gasteiger partial charge is 0.254 e. The van der Waals surface area contributed by atoms with Crippen molar-refractivity contribution < 1.29 is 9.18 Å². The first-order chi connectivity index (χ1) is 14.6. The van der Waals surface area contributed by atoms with Gasteiger partial charge in [0.2, 0.25) is 0 Å². The molecule has 1 fully saturated rings. The molecule has 0 radical (unpaired) electrons. The number of aryl methyl sites for hydroxylation is 1. The SMILES string of the molecule is Cc1nn(-c2ccc(F)cc2)c2nc(N3CCCN(C(=O)c4ccsc4)CC3)sc12. The van der Waals surface area contributed by atoms with E-state index in [9.17, 15) is 9.18 Å². The first-order valence-corrected chi connectivity index (χ1v) is 11.5. The topological polar surface area (TPSA) is 54.3 Å². The van der Waals surface area contributed by atoms with Gasteiger partial charge in [0.15, 0.2) is 10.8 Å². The number of amides is 1. The molecule has 6 nitrogen and oxygen atoms in total.